The van der Waals surface area contributed by atoms with Gasteiger partial charge < -0.3 is 0 Å². The van der Waals surface area contributed by atoms with E-state index in [2.05, 4.69) is 38.2 Å². The Morgan fingerprint density at radius 1 is 0.123 bits per heavy atom. The average molecular weight is 910 g/mol. The van der Waals surface area contributed by atoms with E-state index in [9.17, 15) is 0 Å². The minimum atomic E-state index is 1.29. The number of hydrogen-bond acceptors (Lipinski definition) is 0. The number of unbranched alkanes of at least 4 members (excludes halogenated alkanes) is 58. The van der Waals surface area contributed by atoms with Gasteiger partial charge in [0.1, 0.15) is 0 Å². The van der Waals surface area contributed by atoms with Crippen LogP contribution >= 0.6 is 0 Å². The summed E-state index contributed by atoms with van der Waals surface area (Å²) in [6, 6.07) is 0. The number of hydrogen-bond donors (Lipinski definition) is 0. The molecular weight excluding hydrogens is 781 g/mol. The van der Waals surface area contributed by atoms with Gasteiger partial charge in [0.05, 0.1) is 0 Å². The van der Waals surface area contributed by atoms with Crippen LogP contribution in [0, 0.1) is 0 Å². The van der Waals surface area contributed by atoms with Gasteiger partial charge in [0, 0.05) is 0 Å². The third-order valence-electron chi connectivity index (χ3n) is 15.2. The zero-order valence-corrected chi connectivity index (χ0v) is 46.0. The quantitative estimate of drug-likeness (QED) is 0.0421. The molecule has 0 rings (SSSR count). The molecule has 0 fully saturated rings. The number of rotatable bonds is 60. The molecule has 0 aromatic heterocycles. The maximum absolute atomic E-state index is 2.31. The summed E-state index contributed by atoms with van der Waals surface area (Å²) in [5.41, 5.74) is 0. The lowest BCUT2D eigenvalue weighted by atomic mass is 10.0. The first-order chi connectivity index (χ1) is 32.4. The lowest BCUT2D eigenvalue weighted by molar-refractivity contribution is 0.507. The van der Waals surface area contributed by atoms with E-state index < -0.39 is 0 Å². The predicted molar refractivity (Wildman–Crippen MR) is 302 cm³/mol. The summed E-state index contributed by atoms with van der Waals surface area (Å²) >= 11 is 0. The van der Waals surface area contributed by atoms with Crippen LogP contribution in [0.15, 0.2) is 24.3 Å². The van der Waals surface area contributed by atoms with Crippen molar-refractivity contribution in [1.29, 1.82) is 0 Å². The fourth-order valence-corrected chi connectivity index (χ4v) is 10.6. The molecule has 0 bridgehead atoms. The van der Waals surface area contributed by atoms with Crippen molar-refractivity contribution in [3.63, 3.8) is 0 Å². The van der Waals surface area contributed by atoms with Gasteiger partial charge in [0.2, 0.25) is 0 Å². The number of allylic oxidation sites excluding steroid dienone is 4. The van der Waals surface area contributed by atoms with Gasteiger partial charge in [0.15, 0.2) is 0 Å². The third-order valence-corrected chi connectivity index (χ3v) is 15.2. The standard InChI is InChI=1S/C65H128/c1-3-5-7-9-11-13-15-17-19-21-23-25-27-29-31-33-35-37-39-41-43-45-47-49-51-53-55-57-59-61-63-65-64-62-60-58-56-54-52-50-48-46-44-42-40-38-36-34-32-30-28-26-24-22-20-18-16-14-12-10-8-6-4-2/h3-6H,7-65H2,1-2H3. The Hall–Kier alpha value is -0.520. The van der Waals surface area contributed by atoms with E-state index in [1.807, 2.05) is 0 Å². The van der Waals surface area contributed by atoms with E-state index in [0.29, 0.717) is 0 Å². The van der Waals surface area contributed by atoms with Crippen molar-refractivity contribution in [2.45, 2.75) is 393 Å². The molecular formula is C65H128. The van der Waals surface area contributed by atoms with Crippen molar-refractivity contribution in [1.82, 2.24) is 0 Å². The second kappa shape index (κ2) is 63.5. The van der Waals surface area contributed by atoms with E-state index in [-0.39, 0.29) is 0 Å². The molecule has 0 spiro atoms. The first-order valence-electron chi connectivity index (χ1n) is 31.6. The van der Waals surface area contributed by atoms with Gasteiger partial charge in [-0.3, -0.25) is 0 Å². The Labute approximate surface area is 415 Å². The molecule has 388 valence electrons. The van der Waals surface area contributed by atoms with Crippen molar-refractivity contribution in [3.05, 3.63) is 24.3 Å². The smallest absolute Gasteiger partial charge is 0.0351 e. The average Bonchev–Trinajstić information content (AvgIpc) is 3.32. The highest BCUT2D eigenvalue weighted by Gasteiger charge is 2.00. The highest BCUT2D eigenvalue weighted by molar-refractivity contribution is 4.76. The summed E-state index contributed by atoms with van der Waals surface area (Å²) in [4.78, 5) is 0. The highest BCUT2D eigenvalue weighted by Crippen LogP contribution is 2.20. The summed E-state index contributed by atoms with van der Waals surface area (Å²) in [7, 11) is 0. The van der Waals surface area contributed by atoms with Crippen LogP contribution in [0.3, 0.4) is 0 Å². The summed E-state index contributed by atoms with van der Waals surface area (Å²) in [6.45, 7) is 4.27. The fraction of sp³-hybridized carbons (Fsp3) is 0.938. The van der Waals surface area contributed by atoms with Gasteiger partial charge in [-0.15, -0.1) is 0 Å². The lowest BCUT2D eigenvalue weighted by Crippen LogP contribution is -1.85. The molecule has 0 aromatic carbocycles. The molecule has 0 heterocycles. The molecule has 0 heteroatoms. The Bertz CT molecular complexity index is 767. The van der Waals surface area contributed by atoms with Gasteiger partial charge in [-0.05, 0) is 39.5 Å². The normalized spacial score (nSPS) is 12.0. The molecule has 0 atom stereocenters. The van der Waals surface area contributed by atoms with Crippen LogP contribution in [0.4, 0.5) is 0 Å². The summed E-state index contributed by atoms with van der Waals surface area (Å²) in [5.74, 6) is 0. The first-order valence-corrected chi connectivity index (χ1v) is 31.6. The molecule has 0 radical (unpaired) electrons. The summed E-state index contributed by atoms with van der Waals surface area (Å²) < 4.78 is 0. The molecule has 0 nitrogen and oxygen atoms in total. The molecule has 0 amide bonds. The highest BCUT2D eigenvalue weighted by atomic mass is 14.1. The van der Waals surface area contributed by atoms with Crippen LogP contribution in [0.25, 0.3) is 0 Å². The zero-order chi connectivity index (χ0) is 46.5. The van der Waals surface area contributed by atoms with Crippen molar-refractivity contribution in [2.75, 3.05) is 0 Å². The molecule has 0 N–H and O–H groups in total. The molecule has 0 aliphatic carbocycles. The Kier molecular flexibility index (Phi) is 63.0. The van der Waals surface area contributed by atoms with Crippen LogP contribution < -0.4 is 0 Å². The van der Waals surface area contributed by atoms with E-state index in [0.717, 1.165) is 0 Å². The van der Waals surface area contributed by atoms with Gasteiger partial charge in [0.25, 0.3) is 0 Å². The van der Waals surface area contributed by atoms with Crippen LogP contribution in [0.1, 0.15) is 393 Å². The fourth-order valence-electron chi connectivity index (χ4n) is 10.6. The Balaban J connectivity index is 3.07. The van der Waals surface area contributed by atoms with Gasteiger partial charge in [-0.2, -0.15) is 0 Å². The van der Waals surface area contributed by atoms with Crippen molar-refractivity contribution in [3.8, 4) is 0 Å². The van der Waals surface area contributed by atoms with Crippen molar-refractivity contribution < 1.29 is 0 Å². The van der Waals surface area contributed by atoms with Crippen LogP contribution in [0.2, 0.25) is 0 Å². The van der Waals surface area contributed by atoms with Crippen LogP contribution in [-0.2, 0) is 0 Å². The van der Waals surface area contributed by atoms with E-state index in [1.54, 1.807) is 0 Å². The summed E-state index contributed by atoms with van der Waals surface area (Å²) in [5, 5.41) is 0. The minimum absolute atomic E-state index is 1.29. The van der Waals surface area contributed by atoms with E-state index in [4.69, 9.17) is 0 Å². The Morgan fingerprint density at radius 3 is 0.277 bits per heavy atom. The molecule has 0 unspecified atom stereocenters. The summed E-state index contributed by atoms with van der Waals surface area (Å²) in [6.07, 6.45) is 96.2. The maximum atomic E-state index is 2.31. The molecule has 65 heavy (non-hydrogen) atoms. The van der Waals surface area contributed by atoms with Crippen molar-refractivity contribution in [2.24, 2.45) is 0 Å². The first kappa shape index (κ1) is 64.5. The van der Waals surface area contributed by atoms with E-state index in [1.165, 1.54) is 379 Å². The predicted octanol–water partition coefficient (Wildman–Crippen LogP) is 25.2. The second-order valence-corrected chi connectivity index (χ2v) is 21.9. The molecule has 0 aromatic rings. The second-order valence-electron chi connectivity index (χ2n) is 21.9. The van der Waals surface area contributed by atoms with Gasteiger partial charge in [-0.25, -0.2) is 0 Å². The topological polar surface area (TPSA) is 0 Å². The van der Waals surface area contributed by atoms with E-state index >= 15 is 0 Å². The molecule has 0 aliphatic heterocycles. The SMILES string of the molecule is CC=CCCCCCCCCCCCCCCCCCCCCCCCCCCCCCCCCCCCCCCCCCCCCCCCCCCCCCCCCCCCC=CC. The van der Waals surface area contributed by atoms with Gasteiger partial charge in [-0.1, -0.05) is 377 Å². The van der Waals surface area contributed by atoms with Crippen LogP contribution in [0.5, 0.6) is 0 Å². The zero-order valence-electron chi connectivity index (χ0n) is 46.0. The maximum Gasteiger partial charge on any atom is -0.0351 e. The monoisotopic (exact) mass is 909 g/mol. The molecule has 0 saturated heterocycles. The third kappa shape index (κ3) is 63.5. The minimum Gasteiger partial charge on any atom is -0.0917 e. The largest absolute Gasteiger partial charge is 0.0917 e. The Morgan fingerprint density at radius 2 is 0.200 bits per heavy atom. The van der Waals surface area contributed by atoms with Crippen molar-refractivity contribution >= 4 is 0 Å². The van der Waals surface area contributed by atoms with Gasteiger partial charge >= 0.3 is 0 Å². The molecule has 0 saturated carbocycles. The lowest BCUT2D eigenvalue weighted by Gasteiger charge is -2.05. The van der Waals surface area contributed by atoms with Crippen LogP contribution in [-0.4, -0.2) is 0 Å². The molecule has 0 aliphatic rings.